The minimum absolute atomic E-state index is 0.0668. The van der Waals surface area contributed by atoms with Gasteiger partial charge in [0.25, 0.3) is 5.91 Å². The molecule has 2 N–H and O–H groups in total. The predicted molar refractivity (Wildman–Crippen MR) is 103 cm³/mol. The Kier molecular flexibility index (Phi) is 4.94. The second kappa shape index (κ2) is 7.19. The van der Waals surface area contributed by atoms with Crippen LogP contribution < -0.4 is 5.32 Å². The standard InChI is InChI=1S/C20H22N4O3/c1-11(2)24-18-16(10-21-24)15(19(25)22-13(4)20(26)27)9-17(23-18)14-7-5-12(3)6-8-14/h5-11,13H,1-4H3,(H,22,25)(H,26,27)/t13-/m1/s1. The van der Waals surface area contributed by atoms with Crippen LogP contribution >= 0.6 is 0 Å². The summed E-state index contributed by atoms with van der Waals surface area (Å²) < 4.78 is 1.75. The highest BCUT2D eigenvalue weighted by molar-refractivity contribution is 6.07. The monoisotopic (exact) mass is 366 g/mol. The molecule has 27 heavy (non-hydrogen) atoms. The number of nitrogens with one attached hydrogen (secondary N) is 1. The van der Waals surface area contributed by atoms with Crippen molar-refractivity contribution in [3.63, 3.8) is 0 Å². The van der Waals surface area contributed by atoms with Gasteiger partial charge in [0.1, 0.15) is 6.04 Å². The highest BCUT2D eigenvalue weighted by Gasteiger charge is 2.21. The van der Waals surface area contributed by atoms with Crippen molar-refractivity contribution >= 4 is 22.9 Å². The average molecular weight is 366 g/mol. The first kappa shape index (κ1) is 18.6. The van der Waals surface area contributed by atoms with E-state index in [1.54, 1.807) is 16.9 Å². The summed E-state index contributed by atoms with van der Waals surface area (Å²) >= 11 is 0. The molecule has 1 atom stereocenters. The molecule has 0 aliphatic heterocycles. The number of aliphatic carboxylic acids is 1. The number of rotatable bonds is 5. The Morgan fingerprint density at radius 3 is 2.41 bits per heavy atom. The van der Waals surface area contributed by atoms with Crippen molar-refractivity contribution in [3.8, 4) is 11.3 Å². The number of carbonyl (C=O) groups excluding carboxylic acids is 1. The number of aromatic nitrogens is 3. The van der Waals surface area contributed by atoms with Gasteiger partial charge < -0.3 is 10.4 Å². The lowest BCUT2D eigenvalue weighted by Gasteiger charge is -2.13. The lowest BCUT2D eigenvalue weighted by atomic mass is 10.0. The molecule has 0 aliphatic carbocycles. The molecule has 0 radical (unpaired) electrons. The van der Waals surface area contributed by atoms with E-state index in [1.807, 2.05) is 45.0 Å². The molecule has 1 amide bonds. The fraction of sp³-hybridized carbons (Fsp3) is 0.300. The minimum Gasteiger partial charge on any atom is -0.480 e. The SMILES string of the molecule is Cc1ccc(-c2cc(C(=O)N[C@H](C)C(=O)O)c3cnn(C(C)C)c3n2)cc1. The second-order valence-corrected chi connectivity index (χ2v) is 6.87. The normalized spacial score (nSPS) is 12.3. The molecule has 0 spiro atoms. The smallest absolute Gasteiger partial charge is 0.325 e. The molecule has 3 rings (SSSR count). The van der Waals surface area contributed by atoms with Crippen molar-refractivity contribution in [2.45, 2.75) is 39.8 Å². The van der Waals surface area contributed by atoms with Crippen molar-refractivity contribution in [1.82, 2.24) is 20.1 Å². The first-order chi connectivity index (χ1) is 12.8. The van der Waals surface area contributed by atoms with E-state index in [2.05, 4.69) is 10.4 Å². The van der Waals surface area contributed by atoms with Crippen molar-refractivity contribution < 1.29 is 14.7 Å². The van der Waals surface area contributed by atoms with Gasteiger partial charge in [-0.05, 0) is 33.8 Å². The minimum atomic E-state index is -1.09. The van der Waals surface area contributed by atoms with E-state index < -0.39 is 17.9 Å². The molecule has 2 aromatic heterocycles. The summed E-state index contributed by atoms with van der Waals surface area (Å²) in [5, 5.41) is 16.5. The first-order valence-corrected chi connectivity index (χ1v) is 8.77. The Morgan fingerprint density at radius 2 is 1.81 bits per heavy atom. The van der Waals surface area contributed by atoms with Crippen LogP contribution in [0.2, 0.25) is 0 Å². The molecule has 3 aromatic rings. The molecule has 0 saturated carbocycles. The van der Waals surface area contributed by atoms with E-state index in [-0.39, 0.29) is 6.04 Å². The van der Waals surface area contributed by atoms with Gasteiger partial charge in [0.2, 0.25) is 0 Å². The fourth-order valence-corrected chi connectivity index (χ4v) is 2.79. The van der Waals surface area contributed by atoms with Gasteiger partial charge in [0.15, 0.2) is 5.65 Å². The van der Waals surface area contributed by atoms with Crippen LogP contribution in [-0.2, 0) is 4.79 Å². The molecule has 0 fully saturated rings. The number of pyridine rings is 1. The van der Waals surface area contributed by atoms with E-state index in [0.29, 0.717) is 22.3 Å². The van der Waals surface area contributed by atoms with Crippen LogP contribution in [0, 0.1) is 6.92 Å². The number of amides is 1. The summed E-state index contributed by atoms with van der Waals surface area (Å²) in [6.45, 7) is 7.40. The molecule has 0 saturated heterocycles. The second-order valence-electron chi connectivity index (χ2n) is 6.87. The Bertz CT molecular complexity index is 1010. The van der Waals surface area contributed by atoms with Crippen LogP contribution in [0.1, 0.15) is 42.7 Å². The Balaban J connectivity index is 2.17. The number of carbonyl (C=O) groups is 2. The van der Waals surface area contributed by atoms with Crippen molar-refractivity contribution in [2.75, 3.05) is 0 Å². The Labute approximate surface area is 157 Å². The maximum atomic E-state index is 12.8. The summed E-state index contributed by atoms with van der Waals surface area (Å²) in [5.74, 6) is -1.56. The molecule has 0 aliphatic rings. The molecule has 2 heterocycles. The largest absolute Gasteiger partial charge is 0.480 e. The first-order valence-electron chi connectivity index (χ1n) is 8.77. The third kappa shape index (κ3) is 3.67. The number of carboxylic acids is 1. The number of aryl methyl sites for hydroxylation is 1. The summed E-state index contributed by atoms with van der Waals surface area (Å²) in [5.41, 5.74) is 3.59. The highest BCUT2D eigenvalue weighted by atomic mass is 16.4. The Morgan fingerprint density at radius 1 is 1.15 bits per heavy atom. The lowest BCUT2D eigenvalue weighted by molar-refractivity contribution is -0.138. The topological polar surface area (TPSA) is 97.1 Å². The maximum Gasteiger partial charge on any atom is 0.325 e. The molecule has 7 heteroatoms. The molecule has 7 nitrogen and oxygen atoms in total. The quantitative estimate of drug-likeness (QED) is 0.723. The van der Waals surface area contributed by atoms with Crippen LogP contribution in [0.4, 0.5) is 0 Å². The Hall–Kier alpha value is -3.22. The van der Waals surface area contributed by atoms with Gasteiger partial charge in [-0.1, -0.05) is 29.8 Å². The van der Waals surface area contributed by atoms with Gasteiger partial charge in [-0.3, -0.25) is 9.59 Å². The zero-order valence-corrected chi connectivity index (χ0v) is 15.7. The third-order valence-corrected chi connectivity index (χ3v) is 4.37. The number of hydrogen-bond acceptors (Lipinski definition) is 4. The van der Waals surface area contributed by atoms with Gasteiger partial charge in [-0.25, -0.2) is 9.67 Å². The zero-order valence-electron chi connectivity index (χ0n) is 15.7. The van der Waals surface area contributed by atoms with Gasteiger partial charge in [0.05, 0.1) is 22.8 Å². The summed E-state index contributed by atoms with van der Waals surface area (Å²) in [4.78, 5) is 28.6. The van der Waals surface area contributed by atoms with Gasteiger partial charge in [-0.15, -0.1) is 0 Å². The van der Waals surface area contributed by atoms with E-state index in [9.17, 15) is 9.59 Å². The number of nitrogens with zero attached hydrogens (tertiary/aromatic N) is 3. The molecule has 140 valence electrons. The fourth-order valence-electron chi connectivity index (χ4n) is 2.79. The van der Waals surface area contributed by atoms with Gasteiger partial charge in [0, 0.05) is 11.6 Å². The van der Waals surface area contributed by atoms with Crippen molar-refractivity contribution in [2.24, 2.45) is 0 Å². The van der Waals surface area contributed by atoms with E-state index in [1.165, 1.54) is 6.92 Å². The maximum absolute atomic E-state index is 12.8. The molecule has 1 aromatic carbocycles. The lowest BCUT2D eigenvalue weighted by Crippen LogP contribution is -2.38. The summed E-state index contributed by atoms with van der Waals surface area (Å²) in [6.07, 6.45) is 1.60. The highest BCUT2D eigenvalue weighted by Crippen LogP contribution is 2.26. The van der Waals surface area contributed by atoms with Gasteiger partial charge >= 0.3 is 5.97 Å². The third-order valence-electron chi connectivity index (χ3n) is 4.37. The van der Waals surface area contributed by atoms with E-state index >= 15 is 0 Å². The molecule has 0 unspecified atom stereocenters. The van der Waals surface area contributed by atoms with Crippen molar-refractivity contribution in [1.29, 1.82) is 0 Å². The number of hydrogen-bond donors (Lipinski definition) is 2. The molecular formula is C20H22N4O3. The summed E-state index contributed by atoms with van der Waals surface area (Å²) in [7, 11) is 0. The predicted octanol–water partition coefficient (Wildman–Crippen LogP) is 3.19. The zero-order chi connectivity index (χ0) is 19.7. The van der Waals surface area contributed by atoms with Crippen LogP contribution in [0.3, 0.4) is 0 Å². The van der Waals surface area contributed by atoms with Crippen LogP contribution in [-0.4, -0.2) is 37.8 Å². The summed E-state index contributed by atoms with van der Waals surface area (Å²) in [6, 6.07) is 8.60. The van der Waals surface area contributed by atoms with Crippen LogP contribution in [0.25, 0.3) is 22.3 Å². The molecular weight excluding hydrogens is 344 g/mol. The number of fused-ring (bicyclic) bond motifs is 1. The van der Waals surface area contributed by atoms with Crippen LogP contribution in [0.5, 0.6) is 0 Å². The van der Waals surface area contributed by atoms with E-state index in [4.69, 9.17) is 10.1 Å². The molecule has 0 bridgehead atoms. The average Bonchev–Trinajstić information content (AvgIpc) is 3.05. The van der Waals surface area contributed by atoms with Crippen molar-refractivity contribution in [3.05, 3.63) is 47.7 Å². The number of carboxylic acid groups (broad SMARTS) is 1. The van der Waals surface area contributed by atoms with Crippen LogP contribution in [0.15, 0.2) is 36.5 Å². The number of benzene rings is 1. The van der Waals surface area contributed by atoms with Gasteiger partial charge in [-0.2, -0.15) is 5.10 Å². The van der Waals surface area contributed by atoms with E-state index in [0.717, 1.165) is 11.1 Å².